The fraction of sp³-hybridized carbons (Fsp3) is 0.300. The fourth-order valence-corrected chi connectivity index (χ4v) is 0.908. The molecule has 0 amide bonds. The minimum atomic E-state index is -0.928. The van der Waals surface area contributed by atoms with E-state index in [2.05, 4.69) is 0 Å². The summed E-state index contributed by atoms with van der Waals surface area (Å²) >= 11 is 0. The first kappa shape index (κ1) is 10.5. The van der Waals surface area contributed by atoms with E-state index in [-0.39, 0.29) is 5.75 Å². The molecule has 14 heavy (non-hydrogen) atoms. The van der Waals surface area contributed by atoms with E-state index in [9.17, 15) is 8.78 Å². The van der Waals surface area contributed by atoms with Crippen molar-refractivity contribution in [2.75, 3.05) is 6.61 Å². The van der Waals surface area contributed by atoms with Gasteiger partial charge in [0.2, 0.25) is 0 Å². The first-order valence-electron chi connectivity index (χ1n) is 4.19. The Morgan fingerprint density at radius 3 is 2.71 bits per heavy atom. The summed E-state index contributed by atoms with van der Waals surface area (Å²) in [7, 11) is 0. The summed E-state index contributed by atoms with van der Waals surface area (Å²) in [6.07, 6.45) is 0.971. The van der Waals surface area contributed by atoms with E-state index in [1.54, 1.807) is 0 Å². The highest BCUT2D eigenvalue weighted by molar-refractivity contribution is 5.23. The third-order valence-corrected chi connectivity index (χ3v) is 1.59. The van der Waals surface area contributed by atoms with Crippen LogP contribution in [0.5, 0.6) is 5.75 Å². The molecule has 0 unspecified atom stereocenters. The number of nitriles is 1. The van der Waals surface area contributed by atoms with Crippen LogP contribution in [0.15, 0.2) is 18.2 Å². The minimum Gasteiger partial charge on any atom is -0.493 e. The second kappa shape index (κ2) is 5.18. The lowest BCUT2D eigenvalue weighted by atomic mass is 10.3. The Labute approximate surface area is 80.7 Å². The number of ether oxygens (including phenoxy) is 1. The number of hydrogen-bond donors (Lipinski definition) is 0. The molecule has 0 N–H and O–H groups in total. The van der Waals surface area contributed by atoms with Crippen molar-refractivity contribution in [1.82, 2.24) is 0 Å². The summed E-state index contributed by atoms with van der Waals surface area (Å²) in [6, 6.07) is 5.31. The van der Waals surface area contributed by atoms with Gasteiger partial charge in [-0.3, -0.25) is 0 Å². The van der Waals surface area contributed by atoms with Gasteiger partial charge in [-0.2, -0.15) is 5.26 Å². The lowest BCUT2D eigenvalue weighted by Gasteiger charge is -2.04. The average molecular weight is 197 g/mol. The molecule has 1 aromatic carbocycles. The smallest absolute Gasteiger partial charge is 0.162 e. The summed E-state index contributed by atoms with van der Waals surface area (Å²) in [5, 5.41) is 8.23. The maximum Gasteiger partial charge on any atom is 0.162 e. The molecule has 2 nitrogen and oxygen atoms in total. The van der Waals surface area contributed by atoms with Gasteiger partial charge in [-0.1, -0.05) is 0 Å². The lowest BCUT2D eigenvalue weighted by Crippen LogP contribution is -1.97. The molecule has 74 valence electrons. The maximum absolute atomic E-state index is 12.6. The normalized spacial score (nSPS) is 9.50. The predicted molar refractivity (Wildman–Crippen MR) is 46.7 cm³/mol. The van der Waals surface area contributed by atoms with Crippen LogP contribution in [0.2, 0.25) is 0 Å². The Kier molecular flexibility index (Phi) is 3.86. The third-order valence-electron chi connectivity index (χ3n) is 1.59. The molecule has 0 fully saturated rings. The largest absolute Gasteiger partial charge is 0.493 e. The van der Waals surface area contributed by atoms with E-state index in [1.165, 1.54) is 6.07 Å². The van der Waals surface area contributed by atoms with E-state index < -0.39 is 11.6 Å². The van der Waals surface area contributed by atoms with Gasteiger partial charge in [0.15, 0.2) is 11.6 Å². The van der Waals surface area contributed by atoms with Crippen LogP contribution >= 0.6 is 0 Å². The molecular formula is C10H9F2NO. The van der Waals surface area contributed by atoms with Crippen molar-refractivity contribution < 1.29 is 13.5 Å². The van der Waals surface area contributed by atoms with Crippen LogP contribution in [0.25, 0.3) is 0 Å². The first-order chi connectivity index (χ1) is 6.74. The van der Waals surface area contributed by atoms with Crippen LogP contribution in [-0.4, -0.2) is 6.61 Å². The van der Waals surface area contributed by atoms with Crippen LogP contribution in [0.3, 0.4) is 0 Å². The molecule has 0 atom stereocenters. The number of unbranched alkanes of at least 4 members (excludes halogenated alkanes) is 1. The molecular weight excluding hydrogens is 188 g/mol. The molecule has 0 heterocycles. The van der Waals surface area contributed by atoms with Gasteiger partial charge in [-0.15, -0.1) is 0 Å². The third kappa shape index (κ3) is 3.02. The molecule has 1 aromatic rings. The van der Waals surface area contributed by atoms with Crippen LogP contribution in [-0.2, 0) is 0 Å². The SMILES string of the molecule is N#CCCCOc1ccc(F)c(F)c1. The zero-order chi connectivity index (χ0) is 10.4. The average Bonchev–Trinajstić information content (AvgIpc) is 2.18. The van der Waals surface area contributed by atoms with Gasteiger partial charge in [-0.05, 0) is 18.6 Å². The van der Waals surface area contributed by atoms with Crippen LogP contribution in [0, 0.1) is 23.0 Å². The summed E-state index contributed by atoms with van der Waals surface area (Å²) < 4.78 is 30.2. The Morgan fingerprint density at radius 2 is 2.07 bits per heavy atom. The highest BCUT2D eigenvalue weighted by atomic mass is 19.2. The monoisotopic (exact) mass is 197 g/mol. The Balaban J connectivity index is 2.44. The van der Waals surface area contributed by atoms with Gasteiger partial charge in [0.05, 0.1) is 12.7 Å². The van der Waals surface area contributed by atoms with Gasteiger partial charge < -0.3 is 4.74 Å². The minimum absolute atomic E-state index is 0.279. The lowest BCUT2D eigenvalue weighted by molar-refractivity contribution is 0.310. The topological polar surface area (TPSA) is 33.0 Å². The Hall–Kier alpha value is -1.63. The molecule has 1 rings (SSSR count). The van der Waals surface area contributed by atoms with Gasteiger partial charge >= 0.3 is 0 Å². The molecule has 0 radical (unpaired) electrons. The number of rotatable bonds is 4. The van der Waals surface area contributed by atoms with E-state index in [4.69, 9.17) is 10.00 Å². The summed E-state index contributed by atoms with van der Waals surface area (Å²) in [6.45, 7) is 0.332. The van der Waals surface area contributed by atoms with Crippen LogP contribution < -0.4 is 4.74 Å². The van der Waals surface area contributed by atoms with Gasteiger partial charge in [0.1, 0.15) is 5.75 Å². The molecule has 0 spiro atoms. The zero-order valence-corrected chi connectivity index (χ0v) is 7.46. The number of benzene rings is 1. The van der Waals surface area contributed by atoms with Crippen LogP contribution in [0.4, 0.5) is 8.78 Å². The number of hydrogen-bond acceptors (Lipinski definition) is 2. The van der Waals surface area contributed by atoms with Gasteiger partial charge in [0, 0.05) is 12.5 Å². The van der Waals surface area contributed by atoms with Gasteiger partial charge in [-0.25, -0.2) is 8.78 Å². The van der Waals surface area contributed by atoms with Crippen molar-refractivity contribution in [3.63, 3.8) is 0 Å². The van der Waals surface area contributed by atoms with E-state index in [0.29, 0.717) is 19.4 Å². The predicted octanol–water partition coefficient (Wildman–Crippen LogP) is 2.65. The maximum atomic E-state index is 12.6. The highest BCUT2D eigenvalue weighted by Gasteiger charge is 2.02. The van der Waals surface area contributed by atoms with Crippen molar-refractivity contribution in [1.29, 1.82) is 5.26 Å². The Bertz CT molecular complexity index is 346. The van der Waals surface area contributed by atoms with Crippen LogP contribution in [0.1, 0.15) is 12.8 Å². The molecule has 4 heteroatoms. The Morgan fingerprint density at radius 1 is 1.29 bits per heavy atom. The van der Waals surface area contributed by atoms with E-state index in [1.807, 2.05) is 6.07 Å². The fourth-order valence-electron chi connectivity index (χ4n) is 0.908. The van der Waals surface area contributed by atoms with E-state index in [0.717, 1.165) is 12.1 Å². The van der Waals surface area contributed by atoms with Crippen molar-refractivity contribution >= 4 is 0 Å². The molecule has 0 aliphatic carbocycles. The molecule has 0 aliphatic rings. The summed E-state index contributed by atoms with van der Waals surface area (Å²) in [5.74, 6) is -1.54. The second-order valence-corrected chi connectivity index (χ2v) is 2.69. The van der Waals surface area contributed by atoms with Gasteiger partial charge in [0.25, 0.3) is 0 Å². The first-order valence-corrected chi connectivity index (χ1v) is 4.19. The molecule has 0 saturated carbocycles. The van der Waals surface area contributed by atoms with Crippen molar-refractivity contribution in [3.05, 3.63) is 29.8 Å². The van der Waals surface area contributed by atoms with Crippen molar-refractivity contribution in [3.8, 4) is 11.8 Å². The number of nitrogens with zero attached hydrogens (tertiary/aromatic N) is 1. The molecule has 0 aliphatic heterocycles. The van der Waals surface area contributed by atoms with Crippen molar-refractivity contribution in [2.24, 2.45) is 0 Å². The number of halogens is 2. The zero-order valence-electron chi connectivity index (χ0n) is 7.46. The standard InChI is InChI=1S/C10H9F2NO/c11-9-4-3-8(7-10(9)12)14-6-2-1-5-13/h3-4,7H,1-2,6H2. The molecule has 0 bridgehead atoms. The van der Waals surface area contributed by atoms with E-state index >= 15 is 0 Å². The molecule has 0 saturated heterocycles. The summed E-state index contributed by atoms with van der Waals surface area (Å²) in [4.78, 5) is 0. The van der Waals surface area contributed by atoms with Crippen molar-refractivity contribution in [2.45, 2.75) is 12.8 Å². The quantitative estimate of drug-likeness (QED) is 0.695. The highest BCUT2D eigenvalue weighted by Crippen LogP contribution is 2.15. The summed E-state index contributed by atoms with van der Waals surface area (Å²) in [5.41, 5.74) is 0. The second-order valence-electron chi connectivity index (χ2n) is 2.69. The molecule has 0 aromatic heterocycles.